The highest BCUT2D eigenvalue weighted by Crippen LogP contribution is 2.25. The van der Waals surface area contributed by atoms with Gasteiger partial charge in [-0.05, 0) is 24.5 Å². The van der Waals surface area contributed by atoms with Crippen molar-refractivity contribution in [2.75, 3.05) is 31.9 Å². The van der Waals surface area contributed by atoms with Crippen LogP contribution >= 0.6 is 11.8 Å². The van der Waals surface area contributed by atoms with Gasteiger partial charge in [0, 0.05) is 23.7 Å². The van der Waals surface area contributed by atoms with Gasteiger partial charge < -0.3 is 16.0 Å². The van der Waals surface area contributed by atoms with Gasteiger partial charge in [0.05, 0.1) is 13.1 Å². The number of rotatable bonds is 6. The van der Waals surface area contributed by atoms with Crippen LogP contribution in [0.15, 0.2) is 35.2 Å². The Bertz CT molecular complexity index is 481. The Morgan fingerprint density at radius 3 is 2.81 bits per heavy atom. The summed E-state index contributed by atoms with van der Waals surface area (Å²) < 4.78 is 0. The largest absolute Gasteiger partial charge is 0.346 e. The lowest BCUT2D eigenvalue weighted by Crippen LogP contribution is -2.41. The van der Waals surface area contributed by atoms with Gasteiger partial charge in [-0.1, -0.05) is 18.2 Å². The zero-order valence-corrected chi connectivity index (χ0v) is 12.8. The molecule has 0 aliphatic carbocycles. The maximum atomic E-state index is 11.9. The Balaban J connectivity index is 1.70. The van der Waals surface area contributed by atoms with Crippen LogP contribution in [0.1, 0.15) is 6.42 Å². The molecule has 0 aromatic heterocycles. The molecule has 21 heavy (non-hydrogen) atoms. The third-order valence-electron chi connectivity index (χ3n) is 3.49. The average molecular weight is 307 g/mol. The fourth-order valence-electron chi connectivity index (χ4n) is 2.28. The highest BCUT2D eigenvalue weighted by atomic mass is 32.2. The minimum Gasteiger partial charge on any atom is -0.346 e. The number of carbonyl (C=O) groups excluding carboxylic acids is 2. The van der Waals surface area contributed by atoms with E-state index < -0.39 is 0 Å². The van der Waals surface area contributed by atoms with E-state index >= 15 is 0 Å². The van der Waals surface area contributed by atoms with E-state index in [1.165, 1.54) is 4.90 Å². The van der Waals surface area contributed by atoms with E-state index in [-0.39, 0.29) is 24.9 Å². The van der Waals surface area contributed by atoms with Crippen molar-refractivity contribution in [3.05, 3.63) is 30.3 Å². The monoisotopic (exact) mass is 307 g/mol. The zero-order valence-electron chi connectivity index (χ0n) is 12.0. The van der Waals surface area contributed by atoms with E-state index in [1.54, 1.807) is 0 Å². The highest BCUT2D eigenvalue weighted by Gasteiger charge is 2.26. The second-order valence-corrected chi connectivity index (χ2v) is 6.19. The lowest BCUT2D eigenvalue weighted by molar-refractivity contribution is -0.131. The Morgan fingerprint density at radius 1 is 1.33 bits per heavy atom. The smallest absolute Gasteiger partial charge is 0.241 e. The molecule has 3 N–H and O–H groups in total. The molecule has 1 heterocycles. The lowest BCUT2D eigenvalue weighted by atomic mass is 10.2. The Hall–Kier alpha value is -1.53. The van der Waals surface area contributed by atoms with Gasteiger partial charge in [-0.25, -0.2) is 0 Å². The summed E-state index contributed by atoms with van der Waals surface area (Å²) in [5.74, 6) is 1.22. The maximum absolute atomic E-state index is 11.9. The number of nitrogens with one attached hydrogen (secondary N) is 1. The summed E-state index contributed by atoms with van der Waals surface area (Å²) in [6, 6.07) is 10.3. The van der Waals surface area contributed by atoms with Crippen molar-refractivity contribution in [1.29, 1.82) is 0 Å². The van der Waals surface area contributed by atoms with E-state index in [2.05, 4.69) is 17.4 Å². The first-order chi connectivity index (χ1) is 10.2. The highest BCUT2D eigenvalue weighted by molar-refractivity contribution is 7.99. The predicted octanol–water partition coefficient (Wildman–Crippen LogP) is 0.702. The van der Waals surface area contributed by atoms with Gasteiger partial charge in [-0.15, -0.1) is 11.8 Å². The first-order valence-corrected chi connectivity index (χ1v) is 8.10. The molecule has 5 nitrogen and oxygen atoms in total. The summed E-state index contributed by atoms with van der Waals surface area (Å²) in [6.07, 6.45) is 1.02. The molecule has 6 heteroatoms. The number of likely N-dealkylation sites (tertiary alicyclic amines) is 1. The van der Waals surface area contributed by atoms with Crippen LogP contribution in [-0.4, -0.2) is 48.6 Å². The van der Waals surface area contributed by atoms with Crippen molar-refractivity contribution in [2.45, 2.75) is 11.3 Å². The third kappa shape index (κ3) is 5.06. The van der Waals surface area contributed by atoms with Gasteiger partial charge in [-0.3, -0.25) is 9.59 Å². The van der Waals surface area contributed by atoms with Crippen molar-refractivity contribution in [2.24, 2.45) is 11.7 Å². The first kappa shape index (κ1) is 15.9. The second kappa shape index (κ2) is 8.05. The molecule has 1 atom stereocenters. The van der Waals surface area contributed by atoms with Crippen molar-refractivity contribution >= 4 is 23.6 Å². The number of hydrogen-bond donors (Lipinski definition) is 2. The molecule has 1 aromatic carbocycles. The number of benzene rings is 1. The number of carbonyl (C=O) groups is 2. The van der Waals surface area contributed by atoms with Crippen LogP contribution in [0, 0.1) is 5.92 Å². The Kier molecular flexibility index (Phi) is 6.07. The van der Waals surface area contributed by atoms with E-state index in [1.807, 2.05) is 34.9 Å². The summed E-state index contributed by atoms with van der Waals surface area (Å²) >= 11 is 1.83. The average Bonchev–Trinajstić information content (AvgIpc) is 3.00. The van der Waals surface area contributed by atoms with Crippen LogP contribution in [0.4, 0.5) is 0 Å². The quantitative estimate of drug-likeness (QED) is 0.759. The normalized spacial score (nSPS) is 17.8. The minimum absolute atomic E-state index is 0.0241. The number of nitrogens with zero attached hydrogens (tertiary/aromatic N) is 1. The van der Waals surface area contributed by atoms with E-state index in [0.717, 1.165) is 25.3 Å². The summed E-state index contributed by atoms with van der Waals surface area (Å²) in [5, 5.41) is 2.52. The molecule has 1 aromatic rings. The Labute approximate surface area is 129 Å². The fraction of sp³-hybridized carbons (Fsp3) is 0.467. The molecule has 0 saturated carbocycles. The van der Waals surface area contributed by atoms with E-state index in [9.17, 15) is 9.59 Å². The van der Waals surface area contributed by atoms with E-state index in [0.29, 0.717) is 5.92 Å². The second-order valence-electron chi connectivity index (χ2n) is 5.10. The van der Waals surface area contributed by atoms with Crippen molar-refractivity contribution in [3.8, 4) is 0 Å². The Morgan fingerprint density at radius 2 is 2.10 bits per heavy atom. The molecule has 1 fully saturated rings. The topological polar surface area (TPSA) is 75.4 Å². The molecule has 1 saturated heterocycles. The molecular weight excluding hydrogens is 286 g/mol. The molecule has 114 valence electrons. The number of hydrogen-bond acceptors (Lipinski definition) is 4. The standard InChI is InChI=1S/C15H21N3O2S/c16-8-14(19)17-9-15(20)18-7-6-12(10-18)11-21-13-4-2-1-3-5-13/h1-5,12H,6-11,16H2,(H,17,19). The third-order valence-corrected chi connectivity index (χ3v) is 4.73. The van der Waals surface area contributed by atoms with Gasteiger partial charge in [-0.2, -0.15) is 0 Å². The van der Waals surface area contributed by atoms with Gasteiger partial charge in [0.15, 0.2) is 0 Å². The summed E-state index contributed by atoms with van der Waals surface area (Å²) in [6.45, 7) is 1.52. The lowest BCUT2D eigenvalue weighted by Gasteiger charge is -2.16. The number of amides is 2. The number of thioether (sulfide) groups is 1. The molecule has 0 radical (unpaired) electrons. The molecule has 1 unspecified atom stereocenters. The SMILES string of the molecule is NCC(=O)NCC(=O)N1CCC(CSc2ccccc2)C1. The fourth-order valence-corrected chi connectivity index (χ4v) is 3.33. The van der Waals surface area contributed by atoms with Gasteiger partial charge in [0.2, 0.25) is 11.8 Å². The van der Waals surface area contributed by atoms with Gasteiger partial charge in [0.25, 0.3) is 0 Å². The molecule has 2 rings (SSSR count). The van der Waals surface area contributed by atoms with Crippen LogP contribution in [0.3, 0.4) is 0 Å². The van der Waals surface area contributed by atoms with Crippen LogP contribution in [-0.2, 0) is 9.59 Å². The first-order valence-electron chi connectivity index (χ1n) is 7.11. The molecule has 0 bridgehead atoms. The summed E-state index contributed by atoms with van der Waals surface area (Å²) in [4.78, 5) is 26.1. The predicted molar refractivity (Wildman–Crippen MR) is 83.9 cm³/mol. The molecule has 0 spiro atoms. The van der Waals surface area contributed by atoms with Crippen LogP contribution in [0.2, 0.25) is 0 Å². The van der Waals surface area contributed by atoms with E-state index in [4.69, 9.17) is 5.73 Å². The van der Waals surface area contributed by atoms with Gasteiger partial charge >= 0.3 is 0 Å². The number of nitrogens with two attached hydrogens (primary N) is 1. The van der Waals surface area contributed by atoms with Crippen molar-refractivity contribution in [3.63, 3.8) is 0 Å². The van der Waals surface area contributed by atoms with Crippen molar-refractivity contribution in [1.82, 2.24) is 10.2 Å². The zero-order chi connectivity index (χ0) is 15.1. The minimum atomic E-state index is -0.293. The molecular formula is C15H21N3O2S. The van der Waals surface area contributed by atoms with Crippen molar-refractivity contribution < 1.29 is 9.59 Å². The summed E-state index contributed by atoms with van der Waals surface area (Å²) in [7, 11) is 0. The summed E-state index contributed by atoms with van der Waals surface area (Å²) in [5.41, 5.74) is 5.19. The molecule has 1 aliphatic heterocycles. The molecule has 1 aliphatic rings. The molecule has 2 amide bonds. The van der Waals surface area contributed by atoms with Crippen LogP contribution in [0.5, 0.6) is 0 Å². The van der Waals surface area contributed by atoms with Crippen LogP contribution < -0.4 is 11.1 Å². The van der Waals surface area contributed by atoms with Crippen LogP contribution in [0.25, 0.3) is 0 Å². The van der Waals surface area contributed by atoms with Gasteiger partial charge in [0.1, 0.15) is 0 Å². The maximum Gasteiger partial charge on any atom is 0.241 e.